The SMILES string of the molecule is COc1ccc(NC(=O)c2ccc(OCc3ccc(C)cc3)c(OC)c2)cc1. The number of rotatable bonds is 7. The van der Waals surface area contributed by atoms with Gasteiger partial charge in [0.1, 0.15) is 12.4 Å². The zero-order valence-electron chi connectivity index (χ0n) is 16.2. The smallest absolute Gasteiger partial charge is 0.255 e. The Morgan fingerprint density at radius 1 is 0.857 bits per heavy atom. The Bertz CT molecular complexity index is 934. The maximum Gasteiger partial charge on any atom is 0.255 e. The summed E-state index contributed by atoms with van der Waals surface area (Å²) >= 11 is 0. The van der Waals surface area contributed by atoms with Gasteiger partial charge in [-0.3, -0.25) is 4.79 Å². The summed E-state index contributed by atoms with van der Waals surface area (Å²) in [5.74, 6) is 1.60. The van der Waals surface area contributed by atoms with Crippen LogP contribution in [0, 0.1) is 6.92 Å². The second kappa shape index (κ2) is 8.95. The maximum absolute atomic E-state index is 12.5. The monoisotopic (exact) mass is 377 g/mol. The van der Waals surface area contributed by atoms with Crippen LogP contribution in [0.4, 0.5) is 5.69 Å². The molecule has 0 spiro atoms. The van der Waals surface area contributed by atoms with E-state index in [1.54, 1.807) is 56.7 Å². The molecule has 0 aliphatic heterocycles. The van der Waals surface area contributed by atoms with Gasteiger partial charge in [0.05, 0.1) is 14.2 Å². The number of nitrogens with one attached hydrogen (secondary N) is 1. The molecule has 3 aromatic carbocycles. The molecule has 0 saturated heterocycles. The molecule has 0 bridgehead atoms. The molecule has 144 valence electrons. The van der Waals surface area contributed by atoms with Crippen molar-refractivity contribution >= 4 is 11.6 Å². The lowest BCUT2D eigenvalue weighted by Crippen LogP contribution is -2.12. The molecule has 0 fully saturated rings. The molecule has 0 atom stereocenters. The van der Waals surface area contributed by atoms with E-state index in [-0.39, 0.29) is 5.91 Å². The normalized spacial score (nSPS) is 10.2. The van der Waals surface area contributed by atoms with Gasteiger partial charge in [-0.1, -0.05) is 29.8 Å². The predicted molar refractivity (Wildman–Crippen MR) is 109 cm³/mol. The Morgan fingerprint density at radius 2 is 1.57 bits per heavy atom. The van der Waals surface area contributed by atoms with Gasteiger partial charge in [0.2, 0.25) is 0 Å². The molecule has 0 aliphatic rings. The highest BCUT2D eigenvalue weighted by Gasteiger charge is 2.12. The average Bonchev–Trinajstić information content (AvgIpc) is 2.73. The lowest BCUT2D eigenvalue weighted by Gasteiger charge is -2.13. The van der Waals surface area contributed by atoms with Gasteiger partial charge < -0.3 is 19.5 Å². The van der Waals surface area contributed by atoms with Crippen LogP contribution in [0.5, 0.6) is 17.2 Å². The molecule has 1 N–H and O–H groups in total. The highest BCUT2D eigenvalue weighted by molar-refractivity contribution is 6.04. The molecule has 1 amide bonds. The minimum Gasteiger partial charge on any atom is -0.497 e. The first-order valence-corrected chi connectivity index (χ1v) is 8.91. The fourth-order valence-corrected chi connectivity index (χ4v) is 2.65. The van der Waals surface area contributed by atoms with E-state index >= 15 is 0 Å². The second-order valence-electron chi connectivity index (χ2n) is 6.32. The molecular formula is C23H23NO4. The van der Waals surface area contributed by atoms with Crippen molar-refractivity contribution in [3.8, 4) is 17.2 Å². The van der Waals surface area contributed by atoms with Gasteiger partial charge in [0.25, 0.3) is 5.91 Å². The van der Waals surface area contributed by atoms with Crippen molar-refractivity contribution in [3.63, 3.8) is 0 Å². The van der Waals surface area contributed by atoms with Crippen molar-refractivity contribution in [1.82, 2.24) is 0 Å². The van der Waals surface area contributed by atoms with Crippen molar-refractivity contribution in [2.45, 2.75) is 13.5 Å². The van der Waals surface area contributed by atoms with Crippen LogP contribution in [-0.4, -0.2) is 20.1 Å². The van der Waals surface area contributed by atoms with Gasteiger partial charge in [-0.05, 0) is 55.0 Å². The zero-order valence-corrected chi connectivity index (χ0v) is 16.2. The third-order valence-corrected chi connectivity index (χ3v) is 4.29. The Balaban J connectivity index is 1.68. The summed E-state index contributed by atoms with van der Waals surface area (Å²) in [6.07, 6.45) is 0. The topological polar surface area (TPSA) is 56.8 Å². The van der Waals surface area contributed by atoms with Crippen molar-refractivity contribution < 1.29 is 19.0 Å². The first-order chi connectivity index (χ1) is 13.6. The van der Waals surface area contributed by atoms with Crippen LogP contribution < -0.4 is 19.5 Å². The molecule has 0 heterocycles. The van der Waals surface area contributed by atoms with Gasteiger partial charge in [-0.15, -0.1) is 0 Å². The highest BCUT2D eigenvalue weighted by atomic mass is 16.5. The molecular weight excluding hydrogens is 354 g/mol. The lowest BCUT2D eigenvalue weighted by molar-refractivity contribution is 0.102. The van der Waals surface area contributed by atoms with E-state index in [2.05, 4.69) is 5.32 Å². The van der Waals surface area contributed by atoms with Crippen molar-refractivity contribution in [2.75, 3.05) is 19.5 Å². The molecule has 28 heavy (non-hydrogen) atoms. The van der Waals surface area contributed by atoms with Gasteiger partial charge in [-0.25, -0.2) is 0 Å². The highest BCUT2D eigenvalue weighted by Crippen LogP contribution is 2.29. The largest absolute Gasteiger partial charge is 0.497 e. The molecule has 0 radical (unpaired) electrons. The summed E-state index contributed by atoms with van der Waals surface area (Å²) in [5, 5.41) is 2.85. The van der Waals surface area contributed by atoms with Crippen molar-refractivity contribution in [3.05, 3.63) is 83.4 Å². The minimum atomic E-state index is -0.228. The number of aryl methyl sites for hydroxylation is 1. The number of carbonyl (C=O) groups excluding carboxylic acids is 1. The molecule has 5 heteroatoms. The third kappa shape index (κ3) is 4.82. The number of anilines is 1. The van der Waals surface area contributed by atoms with Crippen LogP contribution in [0.1, 0.15) is 21.5 Å². The van der Waals surface area contributed by atoms with Gasteiger partial charge in [0.15, 0.2) is 11.5 Å². The lowest BCUT2D eigenvalue weighted by atomic mass is 10.1. The second-order valence-corrected chi connectivity index (χ2v) is 6.32. The molecule has 3 rings (SSSR count). The van der Waals surface area contributed by atoms with E-state index in [1.807, 2.05) is 31.2 Å². The van der Waals surface area contributed by atoms with Gasteiger partial charge >= 0.3 is 0 Å². The van der Waals surface area contributed by atoms with Crippen LogP contribution in [0.2, 0.25) is 0 Å². The fraction of sp³-hybridized carbons (Fsp3) is 0.174. The average molecular weight is 377 g/mol. The molecule has 0 aromatic heterocycles. The van der Waals surface area contributed by atoms with Crippen LogP contribution >= 0.6 is 0 Å². The van der Waals surface area contributed by atoms with Crippen LogP contribution in [0.3, 0.4) is 0 Å². The number of carbonyl (C=O) groups is 1. The number of methoxy groups -OCH3 is 2. The molecule has 0 aliphatic carbocycles. The number of benzene rings is 3. The Labute approximate surface area is 164 Å². The maximum atomic E-state index is 12.5. The summed E-state index contributed by atoms with van der Waals surface area (Å²) in [6, 6.07) is 20.4. The van der Waals surface area contributed by atoms with E-state index in [0.717, 1.165) is 11.3 Å². The molecule has 0 unspecified atom stereocenters. The summed E-state index contributed by atoms with van der Waals surface area (Å²) in [7, 11) is 3.15. The summed E-state index contributed by atoms with van der Waals surface area (Å²) in [5.41, 5.74) is 3.43. The fourth-order valence-electron chi connectivity index (χ4n) is 2.65. The number of amides is 1. The quantitative estimate of drug-likeness (QED) is 0.640. The van der Waals surface area contributed by atoms with Gasteiger partial charge in [0, 0.05) is 11.3 Å². The number of hydrogen-bond acceptors (Lipinski definition) is 4. The molecule has 3 aromatic rings. The van der Waals surface area contributed by atoms with Crippen molar-refractivity contribution in [2.24, 2.45) is 0 Å². The van der Waals surface area contributed by atoms with Crippen LogP contribution in [0.15, 0.2) is 66.7 Å². The first kappa shape index (κ1) is 19.3. The van der Waals surface area contributed by atoms with Gasteiger partial charge in [-0.2, -0.15) is 0 Å². The summed E-state index contributed by atoms with van der Waals surface area (Å²) in [6.45, 7) is 2.47. The number of hydrogen-bond donors (Lipinski definition) is 1. The number of ether oxygens (including phenoxy) is 3. The van der Waals surface area contributed by atoms with E-state index in [1.165, 1.54) is 5.56 Å². The summed E-state index contributed by atoms with van der Waals surface area (Å²) in [4.78, 5) is 12.5. The van der Waals surface area contributed by atoms with Crippen LogP contribution in [0.25, 0.3) is 0 Å². The minimum absolute atomic E-state index is 0.228. The summed E-state index contributed by atoms with van der Waals surface area (Å²) < 4.78 is 16.4. The van der Waals surface area contributed by atoms with Crippen LogP contribution in [-0.2, 0) is 6.61 Å². The van der Waals surface area contributed by atoms with E-state index in [4.69, 9.17) is 14.2 Å². The predicted octanol–water partition coefficient (Wildman–Crippen LogP) is 4.84. The first-order valence-electron chi connectivity index (χ1n) is 8.91. The molecule has 5 nitrogen and oxygen atoms in total. The van der Waals surface area contributed by atoms with E-state index < -0.39 is 0 Å². The van der Waals surface area contributed by atoms with E-state index in [0.29, 0.717) is 29.4 Å². The third-order valence-electron chi connectivity index (χ3n) is 4.29. The Kier molecular flexibility index (Phi) is 6.17. The Hall–Kier alpha value is -3.47. The standard InChI is InChI=1S/C23H23NO4/c1-16-4-6-17(7-5-16)15-28-21-13-8-18(14-22(21)27-3)23(25)24-19-9-11-20(26-2)12-10-19/h4-14H,15H2,1-3H3,(H,24,25). The van der Waals surface area contributed by atoms with E-state index in [9.17, 15) is 4.79 Å². The Morgan fingerprint density at radius 3 is 2.21 bits per heavy atom. The van der Waals surface area contributed by atoms with Crippen molar-refractivity contribution in [1.29, 1.82) is 0 Å². The zero-order chi connectivity index (χ0) is 19.9. The molecule has 0 saturated carbocycles.